The molecule has 0 fully saturated rings. The molecule has 84 valence electrons. The number of rotatable bonds is 1. The predicted octanol–water partition coefficient (Wildman–Crippen LogP) is 3.70. The molecule has 1 aliphatic heterocycles. The van der Waals surface area contributed by atoms with Crippen LogP contribution in [0.1, 0.15) is 39.7 Å². The van der Waals surface area contributed by atoms with Gasteiger partial charge in [0.2, 0.25) is 0 Å². The Balaban J connectivity index is 2.36. The van der Waals surface area contributed by atoms with Crippen LogP contribution in [0, 0.1) is 5.41 Å². The van der Waals surface area contributed by atoms with Gasteiger partial charge in [-0.15, -0.1) is 0 Å². The summed E-state index contributed by atoms with van der Waals surface area (Å²) >= 11 is 0. The lowest BCUT2D eigenvalue weighted by molar-refractivity contribution is 0.584. The van der Waals surface area contributed by atoms with Gasteiger partial charge < -0.3 is 0 Å². The van der Waals surface area contributed by atoms with Crippen molar-refractivity contribution < 1.29 is 0 Å². The van der Waals surface area contributed by atoms with E-state index in [2.05, 4.69) is 32.7 Å². The molecule has 0 unspecified atom stereocenters. The SMILES string of the molecule is CC1=C(c2ccncc2)N=C(C(C)(C)C)C1. The highest BCUT2D eigenvalue weighted by atomic mass is 14.8. The van der Waals surface area contributed by atoms with Crippen LogP contribution in [-0.2, 0) is 0 Å². The highest BCUT2D eigenvalue weighted by Crippen LogP contribution is 2.33. The van der Waals surface area contributed by atoms with Gasteiger partial charge >= 0.3 is 0 Å². The van der Waals surface area contributed by atoms with Crippen LogP contribution < -0.4 is 0 Å². The van der Waals surface area contributed by atoms with Crippen LogP contribution in [0.2, 0.25) is 0 Å². The average molecular weight is 214 g/mol. The quantitative estimate of drug-likeness (QED) is 0.699. The molecule has 16 heavy (non-hydrogen) atoms. The largest absolute Gasteiger partial charge is 0.265 e. The van der Waals surface area contributed by atoms with Gasteiger partial charge in [0.25, 0.3) is 0 Å². The first kappa shape index (κ1) is 11.1. The monoisotopic (exact) mass is 214 g/mol. The van der Waals surface area contributed by atoms with E-state index in [1.165, 1.54) is 16.8 Å². The number of aliphatic imine (C=N–C) groups is 1. The Bertz CT molecular complexity index is 447. The number of pyridine rings is 1. The van der Waals surface area contributed by atoms with Gasteiger partial charge in [-0.2, -0.15) is 0 Å². The van der Waals surface area contributed by atoms with E-state index in [1.54, 1.807) is 0 Å². The molecule has 0 saturated carbocycles. The minimum Gasteiger partial charge on any atom is -0.265 e. The summed E-state index contributed by atoms with van der Waals surface area (Å²) in [4.78, 5) is 8.82. The van der Waals surface area contributed by atoms with Gasteiger partial charge in [-0.05, 0) is 24.6 Å². The van der Waals surface area contributed by atoms with E-state index in [0.717, 1.165) is 12.1 Å². The molecule has 0 bridgehead atoms. The van der Waals surface area contributed by atoms with E-state index >= 15 is 0 Å². The summed E-state index contributed by atoms with van der Waals surface area (Å²) in [5, 5.41) is 0. The zero-order valence-corrected chi connectivity index (χ0v) is 10.4. The number of hydrogen-bond acceptors (Lipinski definition) is 2. The van der Waals surface area contributed by atoms with Crippen molar-refractivity contribution in [2.24, 2.45) is 10.4 Å². The van der Waals surface area contributed by atoms with Crippen molar-refractivity contribution in [2.75, 3.05) is 0 Å². The van der Waals surface area contributed by atoms with Crippen LogP contribution >= 0.6 is 0 Å². The van der Waals surface area contributed by atoms with E-state index in [0.29, 0.717) is 0 Å². The van der Waals surface area contributed by atoms with Crippen LogP contribution in [-0.4, -0.2) is 10.7 Å². The lowest BCUT2D eigenvalue weighted by atomic mass is 9.87. The predicted molar refractivity (Wildman–Crippen MR) is 68.3 cm³/mol. The Hall–Kier alpha value is -1.44. The Morgan fingerprint density at radius 2 is 1.75 bits per heavy atom. The van der Waals surface area contributed by atoms with Crippen LogP contribution in [0.4, 0.5) is 0 Å². The third-order valence-electron chi connectivity index (χ3n) is 2.90. The standard InChI is InChI=1S/C14H18N2/c1-10-9-12(14(2,3)4)16-13(10)11-5-7-15-8-6-11/h5-8H,9H2,1-4H3. The molecule has 2 rings (SSSR count). The fraction of sp³-hybridized carbons (Fsp3) is 0.429. The lowest BCUT2D eigenvalue weighted by Gasteiger charge is -2.18. The normalized spacial score (nSPS) is 16.6. The zero-order valence-electron chi connectivity index (χ0n) is 10.4. The van der Waals surface area contributed by atoms with Crippen LogP contribution in [0.25, 0.3) is 5.70 Å². The summed E-state index contributed by atoms with van der Waals surface area (Å²) in [6.07, 6.45) is 4.64. The molecule has 0 spiro atoms. The van der Waals surface area contributed by atoms with Gasteiger partial charge in [0.1, 0.15) is 0 Å². The van der Waals surface area contributed by atoms with Gasteiger partial charge in [-0.1, -0.05) is 20.8 Å². The first-order chi connectivity index (χ1) is 7.48. The maximum Gasteiger partial charge on any atom is 0.0695 e. The van der Waals surface area contributed by atoms with Gasteiger partial charge in [-0.25, -0.2) is 0 Å². The summed E-state index contributed by atoms with van der Waals surface area (Å²) in [6.45, 7) is 8.82. The fourth-order valence-corrected chi connectivity index (χ4v) is 1.86. The minimum absolute atomic E-state index is 0.163. The first-order valence-corrected chi connectivity index (χ1v) is 5.66. The molecule has 0 atom stereocenters. The van der Waals surface area contributed by atoms with Crippen molar-refractivity contribution in [1.82, 2.24) is 4.98 Å². The Morgan fingerprint density at radius 3 is 2.25 bits per heavy atom. The maximum absolute atomic E-state index is 4.78. The smallest absolute Gasteiger partial charge is 0.0695 e. The summed E-state index contributed by atoms with van der Waals surface area (Å²) in [7, 11) is 0. The summed E-state index contributed by atoms with van der Waals surface area (Å²) < 4.78 is 0. The first-order valence-electron chi connectivity index (χ1n) is 5.66. The minimum atomic E-state index is 0.163. The highest BCUT2D eigenvalue weighted by molar-refractivity contribution is 6.00. The molecule has 2 heterocycles. The van der Waals surface area contributed by atoms with Gasteiger partial charge in [-0.3, -0.25) is 9.98 Å². The molecule has 2 heteroatoms. The molecule has 1 aromatic rings. The van der Waals surface area contributed by atoms with Crippen LogP contribution in [0.3, 0.4) is 0 Å². The van der Waals surface area contributed by atoms with Crippen molar-refractivity contribution in [2.45, 2.75) is 34.1 Å². The Kier molecular flexibility index (Phi) is 2.66. The summed E-state index contributed by atoms with van der Waals surface area (Å²) in [5.74, 6) is 0. The molecule has 0 saturated heterocycles. The third kappa shape index (κ3) is 2.06. The van der Waals surface area contributed by atoms with E-state index in [4.69, 9.17) is 4.99 Å². The number of nitrogens with zero attached hydrogens (tertiary/aromatic N) is 2. The van der Waals surface area contributed by atoms with Crippen molar-refractivity contribution in [3.63, 3.8) is 0 Å². The average Bonchev–Trinajstić information content (AvgIpc) is 2.61. The molecule has 0 aliphatic carbocycles. The topological polar surface area (TPSA) is 25.2 Å². The van der Waals surface area contributed by atoms with Crippen LogP contribution in [0.5, 0.6) is 0 Å². The summed E-state index contributed by atoms with van der Waals surface area (Å²) in [6, 6.07) is 4.04. The van der Waals surface area contributed by atoms with Crippen molar-refractivity contribution in [1.29, 1.82) is 0 Å². The second kappa shape index (κ2) is 3.85. The molecular weight excluding hydrogens is 196 g/mol. The van der Waals surface area contributed by atoms with Gasteiger partial charge in [0, 0.05) is 35.5 Å². The lowest BCUT2D eigenvalue weighted by Crippen LogP contribution is -2.18. The van der Waals surface area contributed by atoms with Crippen molar-refractivity contribution >= 4 is 11.4 Å². The Labute approximate surface area is 97.1 Å². The number of allylic oxidation sites excluding steroid dienone is 1. The van der Waals surface area contributed by atoms with E-state index in [1.807, 2.05) is 24.5 Å². The van der Waals surface area contributed by atoms with Gasteiger partial charge in [0.15, 0.2) is 0 Å². The molecule has 0 radical (unpaired) electrons. The van der Waals surface area contributed by atoms with E-state index < -0.39 is 0 Å². The molecular formula is C14H18N2. The Morgan fingerprint density at radius 1 is 1.12 bits per heavy atom. The van der Waals surface area contributed by atoms with Crippen molar-refractivity contribution in [3.8, 4) is 0 Å². The van der Waals surface area contributed by atoms with Crippen molar-refractivity contribution in [3.05, 3.63) is 35.7 Å². The molecule has 0 aromatic carbocycles. The number of hydrogen-bond donors (Lipinski definition) is 0. The second-order valence-corrected chi connectivity index (χ2v) is 5.35. The molecule has 0 N–H and O–H groups in total. The van der Waals surface area contributed by atoms with Crippen LogP contribution in [0.15, 0.2) is 35.1 Å². The molecule has 1 aliphatic rings. The zero-order chi connectivity index (χ0) is 11.8. The molecule has 2 nitrogen and oxygen atoms in total. The fourth-order valence-electron chi connectivity index (χ4n) is 1.86. The molecule has 0 amide bonds. The van der Waals surface area contributed by atoms with E-state index in [-0.39, 0.29) is 5.41 Å². The van der Waals surface area contributed by atoms with Gasteiger partial charge in [0.05, 0.1) is 5.70 Å². The second-order valence-electron chi connectivity index (χ2n) is 5.35. The van der Waals surface area contributed by atoms with E-state index in [9.17, 15) is 0 Å². The third-order valence-corrected chi connectivity index (χ3v) is 2.90. The highest BCUT2D eigenvalue weighted by Gasteiger charge is 2.25. The number of aromatic nitrogens is 1. The molecule has 1 aromatic heterocycles. The summed E-state index contributed by atoms with van der Waals surface area (Å²) in [5.41, 5.74) is 5.10. The maximum atomic E-state index is 4.78.